The number of Topliss-reactive ketones (excluding diaryl/α,β-unsaturated/α-hetero) is 1. The van der Waals surface area contributed by atoms with E-state index in [9.17, 15) is 4.79 Å². The van der Waals surface area contributed by atoms with Gasteiger partial charge in [-0.15, -0.1) is 0 Å². The van der Waals surface area contributed by atoms with E-state index in [4.69, 9.17) is 4.74 Å². The molecule has 0 unspecified atom stereocenters. The Kier molecular flexibility index (Phi) is 3.76. The summed E-state index contributed by atoms with van der Waals surface area (Å²) in [6.45, 7) is 3.18. The molecule has 0 atom stereocenters. The Balaban J connectivity index is 1.47. The van der Waals surface area contributed by atoms with Crippen molar-refractivity contribution in [2.24, 2.45) is 11.8 Å². The summed E-state index contributed by atoms with van der Waals surface area (Å²) in [6, 6.07) is 0. The Labute approximate surface area is 91.8 Å². The average Bonchev–Trinajstić information content (AvgIpc) is 3.03. The van der Waals surface area contributed by atoms with Crippen LogP contribution < -0.4 is 0 Å². The van der Waals surface area contributed by atoms with Crippen molar-refractivity contribution in [2.75, 3.05) is 33.4 Å². The molecule has 3 nitrogen and oxygen atoms in total. The van der Waals surface area contributed by atoms with Crippen LogP contribution in [-0.4, -0.2) is 44.0 Å². The van der Waals surface area contributed by atoms with Gasteiger partial charge in [0.2, 0.25) is 0 Å². The van der Waals surface area contributed by atoms with Crippen LogP contribution in [0.25, 0.3) is 0 Å². The molecule has 0 spiro atoms. The maximum Gasteiger partial charge on any atom is 0.149 e. The van der Waals surface area contributed by atoms with Gasteiger partial charge in [0.25, 0.3) is 0 Å². The van der Waals surface area contributed by atoms with Crippen LogP contribution in [-0.2, 0) is 9.53 Å². The van der Waals surface area contributed by atoms with Gasteiger partial charge in [-0.25, -0.2) is 0 Å². The molecule has 0 N–H and O–H groups in total. The molecule has 0 aromatic rings. The molecule has 15 heavy (non-hydrogen) atoms. The molecule has 0 amide bonds. The fourth-order valence-corrected chi connectivity index (χ4v) is 1.63. The number of carbonyl (C=O) groups is 1. The van der Waals surface area contributed by atoms with Crippen LogP contribution in [0.3, 0.4) is 0 Å². The van der Waals surface area contributed by atoms with Gasteiger partial charge in [0.15, 0.2) is 0 Å². The van der Waals surface area contributed by atoms with E-state index < -0.39 is 0 Å². The van der Waals surface area contributed by atoms with E-state index in [1.54, 1.807) is 0 Å². The second kappa shape index (κ2) is 5.08. The highest BCUT2D eigenvalue weighted by Crippen LogP contribution is 2.30. The lowest BCUT2D eigenvalue weighted by Crippen LogP contribution is -2.30. The second-order valence-electron chi connectivity index (χ2n) is 5.00. The van der Waals surface area contributed by atoms with Gasteiger partial charge in [0, 0.05) is 19.1 Å². The molecule has 2 aliphatic carbocycles. The number of rotatable bonds is 8. The van der Waals surface area contributed by atoms with Crippen molar-refractivity contribution in [2.45, 2.75) is 25.7 Å². The first-order valence-corrected chi connectivity index (χ1v) is 6.04. The summed E-state index contributed by atoms with van der Waals surface area (Å²) in [5.41, 5.74) is 0. The van der Waals surface area contributed by atoms with Gasteiger partial charge in [-0.1, -0.05) is 0 Å². The van der Waals surface area contributed by atoms with Crippen LogP contribution >= 0.6 is 0 Å². The standard InChI is InChI=1S/C12H21NO2/c1-13(8-12(14)11-4-5-11)6-7-15-9-10-2-3-10/h10-11H,2-9H2,1H3. The molecular formula is C12H21NO2. The van der Waals surface area contributed by atoms with Crippen molar-refractivity contribution < 1.29 is 9.53 Å². The molecule has 0 saturated heterocycles. The highest BCUT2D eigenvalue weighted by atomic mass is 16.5. The first-order valence-electron chi connectivity index (χ1n) is 6.04. The van der Waals surface area contributed by atoms with Crippen LogP contribution in [0.5, 0.6) is 0 Å². The van der Waals surface area contributed by atoms with Gasteiger partial charge in [-0.3, -0.25) is 9.69 Å². The minimum absolute atomic E-state index is 0.389. The second-order valence-corrected chi connectivity index (χ2v) is 5.00. The normalized spacial score (nSPS) is 20.9. The van der Waals surface area contributed by atoms with Crippen LogP contribution in [0, 0.1) is 11.8 Å². The molecule has 86 valence electrons. The summed E-state index contributed by atoms with van der Waals surface area (Å²) in [4.78, 5) is 13.6. The largest absolute Gasteiger partial charge is 0.380 e. The third-order valence-corrected chi connectivity index (χ3v) is 3.13. The highest BCUT2D eigenvalue weighted by molar-refractivity contribution is 5.84. The topological polar surface area (TPSA) is 29.5 Å². The van der Waals surface area contributed by atoms with Gasteiger partial charge in [0.1, 0.15) is 5.78 Å². The lowest BCUT2D eigenvalue weighted by Gasteiger charge is -2.15. The van der Waals surface area contributed by atoms with Crippen molar-refractivity contribution >= 4 is 5.78 Å². The lowest BCUT2D eigenvalue weighted by atomic mass is 10.2. The van der Waals surface area contributed by atoms with E-state index in [1.165, 1.54) is 12.8 Å². The predicted molar refractivity (Wildman–Crippen MR) is 58.8 cm³/mol. The zero-order valence-corrected chi connectivity index (χ0v) is 9.58. The molecule has 2 fully saturated rings. The predicted octanol–water partition coefficient (Wildman–Crippen LogP) is 1.32. The average molecular weight is 211 g/mol. The highest BCUT2D eigenvalue weighted by Gasteiger charge is 2.29. The fraction of sp³-hybridized carbons (Fsp3) is 0.917. The molecule has 2 rings (SSSR count). The number of likely N-dealkylation sites (N-methyl/N-ethyl adjacent to an activating group) is 1. The van der Waals surface area contributed by atoms with Gasteiger partial charge in [-0.2, -0.15) is 0 Å². The Morgan fingerprint density at radius 1 is 1.33 bits per heavy atom. The zero-order valence-electron chi connectivity index (χ0n) is 9.58. The maximum absolute atomic E-state index is 11.5. The summed E-state index contributed by atoms with van der Waals surface area (Å²) < 4.78 is 5.53. The van der Waals surface area contributed by atoms with Gasteiger partial charge in [-0.05, 0) is 38.6 Å². The number of ketones is 1. The molecule has 0 aromatic heterocycles. The van der Waals surface area contributed by atoms with E-state index in [-0.39, 0.29) is 0 Å². The number of hydrogen-bond acceptors (Lipinski definition) is 3. The fourth-order valence-electron chi connectivity index (χ4n) is 1.63. The smallest absolute Gasteiger partial charge is 0.149 e. The molecule has 2 aliphatic rings. The van der Waals surface area contributed by atoms with E-state index >= 15 is 0 Å². The summed E-state index contributed by atoms with van der Waals surface area (Å²) >= 11 is 0. The van der Waals surface area contributed by atoms with Crippen LogP contribution in [0.4, 0.5) is 0 Å². The molecule has 0 bridgehead atoms. The SMILES string of the molecule is CN(CCOCC1CC1)CC(=O)C1CC1. The van der Waals surface area contributed by atoms with Crippen LogP contribution in [0.15, 0.2) is 0 Å². The summed E-state index contributed by atoms with van der Waals surface area (Å²) in [5, 5.41) is 0. The summed E-state index contributed by atoms with van der Waals surface area (Å²) in [5.74, 6) is 1.64. The Bertz CT molecular complexity index is 222. The van der Waals surface area contributed by atoms with Gasteiger partial charge >= 0.3 is 0 Å². The monoisotopic (exact) mass is 211 g/mol. The van der Waals surface area contributed by atoms with Crippen LogP contribution in [0.1, 0.15) is 25.7 Å². The maximum atomic E-state index is 11.5. The Morgan fingerprint density at radius 3 is 2.67 bits per heavy atom. The van der Waals surface area contributed by atoms with Crippen molar-refractivity contribution in [3.8, 4) is 0 Å². The number of carbonyl (C=O) groups excluding carboxylic acids is 1. The van der Waals surface area contributed by atoms with Crippen LogP contribution in [0.2, 0.25) is 0 Å². The Morgan fingerprint density at radius 2 is 2.07 bits per heavy atom. The minimum atomic E-state index is 0.389. The van der Waals surface area contributed by atoms with Crippen molar-refractivity contribution in [1.29, 1.82) is 0 Å². The van der Waals surface area contributed by atoms with Crippen molar-refractivity contribution in [3.63, 3.8) is 0 Å². The first kappa shape index (κ1) is 11.1. The molecule has 0 aromatic carbocycles. The molecule has 0 radical (unpaired) electrons. The van der Waals surface area contributed by atoms with Gasteiger partial charge in [0.05, 0.1) is 13.2 Å². The molecule has 0 heterocycles. The zero-order chi connectivity index (χ0) is 10.7. The van der Waals surface area contributed by atoms with E-state index in [0.717, 1.165) is 38.5 Å². The molecule has 2 saturated carbocycles. The third-order valence-electron chi connectivity index (χ3n) is 3.13. The molecular weight excluding hydrogens is 190 g/mol. The van der Waals surface area contributed by atoms with E-state index in [1.807, 2.05) is 7.05 Å². The third kappa shape index (κ3) is 4.31. The van der Waals surface area contributed by atoms with Gasteiger partial charge < -0.3 is 4.74 Å². The Hall–Kier alpha value is -0.410. The lowest BCUT2D eigenvalue weighted by molar-refractivity contribution is -0.121. The van der Waals surface area contributed by atoms with Crippen molar-refractivity contribution in [3.05, 3.63) is 0 Å². The minimum Gasteiger partial charge on any atom is -0.380 e. The summed E-state index contributed by atoms with van der Waals surface area (Å²) in [7, 11) is 2.00. The number of hydrogen-bond donors (Lipinski definition) is 0. The molecule has 0 aliphatic heterocycles. The number of nitrogens with zero attached hydrogens (tertiary/aromatic N) is 1. The van der Waals surface area contributed by atoms with E-state index in [0.29, 0.717) is 18.2 Å². The van der Waals surface area contributed by atoms with E-state index in [2.05, 4.69) is 4.90 Å². The van der Waals surface area contributed by atoms with Crippen molar-refractivity contribution in [1.82, 2.24) is 4.90 Å². The first-order chi connectivity index (χ1) is 7.25. The number of ether oxygens (including phenoxy) is 1. The quantitative estimate of drug-likeness (QED) is 0.567. The summed E-state index contributed by atoms with van der Waals surface area (Å²) in [6.07, 6.45) is 4.92. The molecule has 3 heteroatoms.